The number of nitrogens with one attached hydrogen (secondary N) is 1. The maximum absolute atomic E-state index is 12.5. The standard InChI is InChI=1S/C20H29NO11/c1-7-29-20(19(26)27-6)9-8-15(21-11(2)22)17(32-20)18(31-14(5)25)16(30-13(4)24)10-28-12(3)23/h8-9,15-18H,7,10H2,1-6H3,(H,21,22)/t15-,16+,17?,18-,20+/m1/s1. The van der Waals surface area contributed by atoms with Crippen molar-refractivity contribution in [2.75, 3.05) is 20.3 Å². The molecule has 1 rings (SSSR count). The fourth-order valence-electron chi connectivity index (χ4n) is 3.06. The van der Waals surface area contributed by atoms with Crippen LogP contribution < -0.4 is 5.32 Å². The van der Waals surface area contributed by atoms with E-state index in [1.54, 1.807) is 6.92 Å². The molecule has 1 N–H and O–H groups in total. The van der Waals surface area contributed by atoms with Gasteiger partial charge in [0.2, 0.25) is 5.91 Å². The minimum atomic E-state index is -2.02. The second-order valence-electron chi connectivity index (χ2n) is 6.78. The van der Waals surface area contributed by atoms with E-state index in [0.29, 0.717) is 0 Å². The Bertz CT molecular complexity index is 750. The summed E-state index contributed by atoms with van der Waals surface area (Å²) >= 11 is 0. The lowest BCUT2D eigenvalue weighted by Crippen LogP contribution is -2.62. The van der Waals surface area contributed by atoms with E-state index in [9.17, 15) is 24.0 Å². The van der Waals surface area contributed by atoms with E-state index in [-0.39, 0.29) is 6.61 Å². The molecule has 0 radical (unpaired) electrons. The molecule has 5 atom stereocenters. The Balaban J connectivity index is 3.52. The number of esters is 4. The van der Waals surface area contributed by atoms with Gasteiger partial charge in [0.1, 0.15) is 12.7 Å². The second kappa shape index (κ2) is 12.2. The van der Waals surface area contributed by atoms with E-state index in [4.69, 9.17) is 28.4 Å². The van der Waals surface area contributed by atoms with Crippen LogP contribution in [0.25, 0.3) is 0 Å². The largest absolute Gasteiger partial charge is 0.465 e. The van der Waals surface area contributed by atoms with E-state index in [0.717, 1.165) is 27.9 Å². The number of carbonyl (C=O) groups is 5. The van der Waals surface area contributed by atoms with Crippen molar-refractivity contribution in [1.29, 1.82) is 0 Å². The molecule has 12 nitrogen and oxygen atoms in total. The number of amides is 1. The lowest BCUT2D eigenvalue weighted by Gasteiger charge is -2.42. The first-order chi connectivity index (χ1) is 15.0. The van der Waals surface area contributed by atoms with Gasteiger partial charge in [0.15, 0.2) is 12.2 Å². The Morgan fingerprint density at radius 1 is 1.03 bits per heavy atom. The van der Waals surface area contributed by atoms with Crippen LogP contribution in [0.2, 0.25) is 0 Å². The first kappa shape index (κ1) is 27.0. The van der Waals surface area contributed by atoms with E-state index >= 15 is 0 Å². The van der Waals surface area contributed by atoms with Crippen molar-refractivity contribution in [2.45, 2.75) is 64.8 Å². The molecule has 0 aromatic carbocycles. The third kappa shape index (κ3) is 7.61. The molecule has 32 heavy (non-hydrogen) atoms. The van der Waals surface area contributed by atoms with Crippen LogP contribution in [0.4, 0.5) is 0 Å². The zero-order valence-corrected chi connectivity index (χ0v) is 18.9. The third-order valence-electron chi connectivity index (χ3n) is 4.15. The number of methoxy groups -OCH3 is 1. The molecular formula is C20H29NO11. The summed E-state index contributed by atoms with van der Waals surface area (Å²) in [6.07, 6.45) is -1.38. The highest BCUT2D eigenvalue weighted by atomic mass is 16.7. The van der Waals surface area contributed by atoms with E-state index in [1.807, 2.05) is 0 Å². The van der Waals surface area contributed by atoms with Gasteiger partial charge in [0, 0.05) is 34.3 Å². The molecule has 0 aromatic heterocycles. The molecule has 1 aliphatic rings. The van der Waals surface area contributed by atoms with E-state index < -0.39 is 66.5 Å². The number of hydrogen-bond donors (Lipinski definition) is 1. The second-order valence-corrected chi connectivity index (χ2v) is 6.78. The number of ether oxygens (including phenoxy) is 6. The average Bonchev–Trinajstić information content (AvgIpc) is 2.69. The predicted octanol–water partition coefficient (Wildman–Crippen LogP) is -0.222. The van der Waals surface area contributed by atoms with Crippen molar-refractivity contribution in [3.63, 3.8) is 0 Å². The maximum atomic E-state index is 12.5. The first-order valence-corrected chi connectivity index (χ1v) is 9.80. The molecule has 0 bridgehead atoms. The van der Waals surface area contributed by atoms with E-state index in [2.05, 4.69) is 5.32 Å². The molecule has 12 heteroatoms. The van der Waals surface area contributed by atoms with Crippen LogP contribution in [-0.4, -0.2) is 80.2 Å². The fraction of sp³-hybridized carbons (Fsp3) is 0.650. The Kier molecular flexibility index (Phi) is 10.3. The lowest BCUT2D eigenvalue weighted by atomic mass is 9.95. The van der Waals surface area contributed by atoms with Crippen LogP contribution in [0.5, 0.6) is 0 Å². The van der Waals surface area contributed by atoms with Crippen LogP contribution in [0.3, 0.4) is 0 Å². The van der Waals surface area contributed by atoms with Gasteiger partial charge in [0.25, 0.3) is 5.79 Å². The minimum Gasteiger partial charge on any atom is -0.465 e. The molecule has 0 fully saturated rings. The van der Waals surface area contributed by atoms with Crippen LogP contribution in [0, 0.1) is 0 Å². The van der Waals surface area contributed by atoms with Gasteiger partial charge in [0.05, 0.1) is 13.2 Å². The van der Waals surface area contributed by atoms with Crippen molar-refractivity contribution in [3.05, 3.63) is 12.2 Å². The molecule has 1 aliphatic heterocycles. The van der Waals surface area contributed by atoms with Crippen molar-refractivity contribution in [3.8, 4) is 0 Å². The highest BCUT2D eigenvalue weighted by molar-refractivity contribution is 5.81. The zero-order chi connectivity index (χ0) is 24.5. The summed E-state index contributed by atoms with van der Waals surface area (Å²) in [5.74, 6) is -5.61. The first-order valence-electron chi connectivity index (χ1n) is 9.80. The molecule has 180 valence electrons. The highest BCUT2D eigenvalue weighted by Gasteiger charge is 2.51. The van der Waals surface area contributed by atoms with Crippen LogP contribution in [0.15, 0.2) is 12.2 Å². The van der Waals surface area contributed by atoms with Gasteiger partial charge in [-0.05, 0) is 13.0 Å². The number of carbonyl (C=O) groups excluding carboxylic acids is 5. The highest BCUT2D eigenvalue weighted by Crippen LogP contribution is 2.31. The van der Waals surface area contributed by atoms with Gasteiger partial charge >= 0.3 is 23.9 Å². The summed E-state index contributed by atoms with van der Waals surface area (Å²) in [6.45, 7) is 5.77. The van der Waals surface area contributed by atoms with E-state index in [1.165, 1.54) is 19.1 Å². The minimum absolute atomic E-state index is 0.0377. The van der Waals surface area contributed by atoms with Gasteiger partial charge in [-0.3, -0.25) is 19.2 Å². The maximum Gasteiger partial charge on any atom is 0.371 e. The molecule has 0 aliphatic carbocycles. The Morgan fingerprint density at radius 3 is 2.12 bits per heavy atom. The van der Waals surface area contributed by atoms with Crippen molar-refractivity contribution in [2.24, 2.45) is 0 Å². The molecule has 0 saturated carbocycles. The molecule has 0 saturated heterocycles. The summed E-state index contributed by atoms with van der Waals surface area (Å²) in [7, 11) is 1.13. The molecule has 1 amide bonds. The lowest BCUT2D eigenvalue weighted by molar-refractivity contribution is -0.265. The van der Waals surface area contributed by atoms with Crippen LogP contribution in [-0.2, 0) is 52.4 Å². The molecule has 0 spiro atoms. The Hall–Kier alpha value is -2.99. The van der Waals surface area contributed by atoms with Crippen LogP contribution >= 0.6 is 0 Å². The molecule has 0 aromatic rings. The van der Waals surface area contributed by atoms with Crippen molar-refractivity contribution in [1.82, 2.24) is 5.32 Å². The average molecular weight is 459 g/mol. The van der Waals surface area contributed by atoms with Crippen LogP contribution in [0.1, 0.15) is 34.6 Å². The normalized spacial score (nSPS) is 23.9. The van der Waals surface area contributed by atoms with Gasteiger partial charge in [-0.25, -0.2) is 4.79 Å². The fourth-order valence-corrected chi connectivity index (χ4v) is 3.06. The monoisotopic (exact) mass is 459 g/mol. The molecule has 1 heterocycles. The van der Waals surface area contributed by atoms with Gasteiger partial charge in [-0.1, -0.05) is 6.08 Å². The summed E-state index contributed by atoms with van der Waals surface area (Å²) in [5.41, 5.74) is 0. The van der Waals surface area contributed by atoms with Gasteiger partial charge < -0.3 is 33.7 Å². The van der Waals surface area contributed by atoms with Gasteiger partial charge in [-0.2, -0.15) is 0 Å². The third-order valence-corrected chi connectivity index (χ3v) is 4.15. The smallest absolute Gasteiger partial charge is 0.371 e. The summed E-state index contributed by atoms with van der Waals surface area (Å²) in [5, 5.41) is 2.60. The Morgan fingerprint density at radius 2 is 1.66 bits per heavy atom. The topological polar surface area (TPSA) is 153 Å². The SMILES string of the molecule is CCO[C@@]1(C(=O)OC)C=C[C@@H](NC(C)=O)C([C@H](OC(C)=O)[C@H](COC(C)=O)OC(C)=O)O1. The predicted molar refractivity (Wildman–Crippen MR) is 106 cm³/mol. The summed E-state index contributed by atoms with van der Waals surface area (Å²) < 4.78 is 31.7. The zero-order valence-electron chi connectivity index (χ0n) is 18.9. The summed E-state index contributed by atoms with van der Waals surface area (Å²) in [4.78, 5) is 59.1. The number of rotatable bonds is 10. The van der Waals surface area contributed by atoms with Crippen molar-refractivity contribution < 1.29 is 52.4 Å². The molecular weight excluding hydrogens is 430 g/mol. The number of hydrogen-bond acceptors (Lipinski definition) is 11. The summed E-state index contributed by atoms with van der Waals surface area (Å²) in [6, 6.07) is -0.939. The molecule has 1 unspecified atom stereocenters. The van der Waals surface area contributed by atoms with Gasteiger partial charge in [-0.15, -0.1) is 0 Å². The quantitative estimate of drug-likeness (QED) is 0.262. The Labute approximate surface area is 185 Å². The van der Waals surface area contributed by atoms with Crippen molar-refractivity contribution >= 4 is 29.8 Å².